The molecule has 192 valence electrons. The Kier molecular flexibility index (Phi) is 9.71. The van der Waals surface area contributed by atoms with Gasteiger partial charge < -0.3 is 19.4 Å². The van der Waals surface area contributed by atoms with Gasteiger partial charge in [-0.2, -0.15) is 4.31 Å². The molecule has 1 aliphatic rings. The molecule has 0 aliphatic heterocycles. The van der Waals surface area contributed by atoms with E-state index in [0.29, 0.717) is 23.7 Å². The molecule has 2 aromatic rings. The number of carbonyl (C=O) groups is 1. The first-order chi connectivity index (χ1) is 16.8. The number of aliphatic hydroxyl groups excluding tert-OH is 1. The Labute approximate surface area is 208 Å². The van der Waals surface area contributed by atoms with Crippen molar-refractivity contribution in [3.8, 4) is 0 Å². The van der Waals surface area contributed by atoms with Gasteiger partial charge in [0, 0.05) is 46.0 Å². The van der Waals surface area contributed by atoms with E-state index in [-0.39, 0.29) is 36.0 Å². The van der Waals surface area contributed by atoms with E-state index >= 15 is 0 Å². The van der Waals surface area contributed by atoms with Gasteiger partial charge in [0.25, 0.3) is 5.91 Å². The van der Waals surface area contributed by atoms with Crippen LogP contribution in [0.5, 0.6) is 0 Å². The molecule has 0 bridgehead atoms. The van der Waals surface area contributed by atoms with Crippen LogP contribution in [-0.2, 0) is 35.7 Å². The molecule has 3 rings (SSSR count). The number of thiazole rings is 1. The summed E-state index contributed by atoms with van der Waals surface area (Å²) in [5.41, 5.74) is 0.364. The topological polar surface area (TPSA) is 140 Å². The van der Waals surface area contributed by atoms with Crippen LogP contribution in [0.15, 0.2) is 40.5 Å². The lowest BCUT2D eigenvalue weighted by Gasteiger charge is -2.16. The molecule has 0 spiro atoms. The highest BCUT2D eigenvalue weighted by Gasteiger charge is 2.27. The quantitative estimate of drug-likeness (QED) is 0.315. The third-order valence-corrected chi connectivity index (χ3v) is 8.25. The Morgan fingerprint density at radius 3 is 2.60 bits per heavy atom. The van der Waals surface area contributed by atoms with Gasteiger partial charge in [-0.25, -0.2) is 13.4 Å². The number of anilines is 1. The fraction of sp³-hybridized carbons (Fsp3) is 0.500. The number of amides is 1. The molecule has 35 heavy (non-hydrogen) atoms. The third kappa shape index (κ3) is 7.06. The number of methoxy groups -OCH3 is 2. The second kappa shape index (κ2) is 12.5. The van der Waals surface area contributed by atoms with Gasteiger partial charge in [0.05, 0.1) is 29.1 Å². The Morgan fingerprint density at radius 2 is 1.97 bits per heavy atom. The maximum Gasteiger partial charge on any atom is 0.280 e. The molecule has 0 saturated heterocycles. The molecule has 0 radical (unpaired) electrons. The van der Waals surface area contributed by atoms with E-state index in [0.717, 1.165) is 22.0 Å². The molecule has 1 aliphatic carbocycles. The zero-order valence-electron chi connectivity index (χ0n) is 19.8. The van der Waals surface area contributed by atoms with Crippen LogP contribution in [0.2, 0.25) is 0 Å². The van der Waals surface area contributed by atoms with Gasteiger partial charge in [-0.05, 0) is 25.0 Å². The summed E-state index contributed by atoms with van der Waals surface area (Å²) < 4.78 is 36.8. The molecule has 2 atom stereocenters. The summed E-state index contributed by atoms with van der Waals surface area (Å²) in [6.45, 7) is 0.0481. The first-order valence-corrected chi connectivity index (χ1v) is 13.2. The van der Waals surface area contributed by atoms with Gasteiger partial charge in [-0.3, -0.25) is 10.1 Å². The number of sulfonamides is 1. The van der Waals surface area contributed by atoms with E-state index in [9.17, 15) is 13.2 Å². The summed E-state index contributed by atoms with van der Waals surface area (Å²) in [5, 5.41) is 16.3. The molecule has 2 N–H and O–H groups in total. The van der Waals surface area contributed by atoms with Crippen LogP contribution in [0.4, 0.5) is 5.13 Å². The van der Waals surface area contributed by atoms with Crippen LogP contribution in [-0.4, -0.2) is 81.1 Å². The fourth-order valence-corrected chi connectivity index (χ4v) is 5.46. The molecule has 1 aromatic carbocycles. The van der Waals surface area contributed by atoms with E-state index in [2.05, 4.69) is 15.5 Å². The molecule has 1 fully saturated rings. The molecule has 1 aromatic heterocycles. The van der Waals surface area contributed by atoms with Crippen LogP contribution in [0.25, 0.3) is 0 Å². The van der Waals surface area contributed by atoms with Crippen molar-refractivity contribution < 1.29 is 32.6 Å². The van der Waals surface area contributed by atoms with E-state index in [1.807, 2.05) is 0 Å². The number of carbonyl (C=O) groups excluding carboxylic acids is 1. The summed E-state index contributed by atoms with van der Waals surface area (Å²) in [7, 11) is 0.821. The Bertz CT molecular complexity index is 1120. The summed E-state index contributed by atoms with van der Waals surface area (Å²) in [5.74, 6) is -0.544. The van der Waals surface area contributed by atoms with Crippen molar-refractivity contribution in [2.45, 2.75) is 43.0 Å². The normalized spacial score (nSPS) is 18.7. The minimum absolute atomic E-state index is 0.0120. The number of oxime groups is 1. The molecular formula is C22H30N4O7S2. The average Bonchev–Trinajstić information content (AvgIpc) is 3.49. The van der Waals surface area contributed by atoms with E-state index in [4.69, 9.17) is 19.4 Å². The molecule has 1 heterocycles. The Hall–Kier alpha value is -2.42. The van der Waals surface area contributed by atoms with Crippen molar-refractivity contribution in [3.05, 3.63) is 40.9 Å². The first-order valence-electron chi connectivity index (χ1n) is 11.0. The number of benzene rings is 1. The molecule has 13 heteroatoms. The summed E-state index contributed by atoms with van der Waals surface area (Å²) in [6, 6.07) is 5.76. The number of hydrogen-bond donors (Lipinski definition) is 2. The van der Waals surface area contributed by atoms with Crippen molar-refractivity contribution in [1.29, 1.82) is 0 Å². The van der Waals surface area contributed by atoms with Crippen LogP contribution in [0.1, 0.15) is 29.7 Å². The minimum Gasteiger partial charge on any atom is -0.395 e. The van der Waals surface area contributed by atoms with Gasteiger partial charge in [0.2, 0.25) is 10.0 Å². The second-order valence-electron chi connectivity index (χ2n) is 7.93. The zero-order chi connectivity index (χ0) is 25.4. The zero-order valence-corrected chi connectivity index (χ0v) is 21.5. The predicted octanol–water partition coefficient (Wildman–Crippen LogP) is 1.83. The van der Waals surface area contributed by atoms with Gasteiger partial charge in [-0.15, -0.1) is 0 Å². The number of hydrogen-bond acceptors (Lipinski definition) is 10. The minimum atomic E-state index is -3.78. The highest BCUT2D eigenvalue weighted by molar-refractivity contribution is 7.89. The largest absolute Gasteiger partial charge is 0.395 e. The number of ether oxygens (including phenoxy) is 2. The van der Waals surface area contributed by atoms with Gasteiger partial charge in [-0.1, -0.05) is 28.6 Å². The molecule has 1 amide bonds. The fourth-order valence-electron chi connectivity index (χ4n) is 3.52. The van der Waals surface area contributed by atoms with E-state index in [1.165, 1.54) is 42.6 Å². The maximum absolute atomic E-state index is 13.1. The van der Waals surface area contributed by atoms with Crippen molar-refractivity contribution in [2.24, 2.45) is 5.16 Å². The second-order valence-corrected chi connectivity index (χ2v) is 11.1. The number of likely N-dealkylation sites (N-methyl/N-ethyl adjacent to an activating group) is 1. The standard InChI is InChI=1S/C22H30N4O7S2/c1-26(10-11-27)35(29,30)19-8-4-15(5-9-19)20(25-33-17-7-6-16(12-17)32-3)21(28)24-22-23-13-18(34-22)14-31-2/h4-5,8-9,13,16-17,27H,6-7,10-12,14H2,1-3H3,(H,23,24,28)/b25-20+/t16-,17-/m1/s1. The highest BCUT2D eigenvalue weighted by atomic mass is 32.2. The average molecular weight is 527 g/mol. The molecule has 11 nitrogen and oxygen atoms in total. The van der Waals surface area contributed by atoms with Crippen molar-refractivity contribution in [3.63, 3.8) is 0 Å². The van der Waals surface area contributed by atoms with Crippen molar-refractivity contribution in [2.75, 3.05) is 39.7 Å². The van der Waals surface area contributed by atoms with E-state index < -0.39 is 15.9 Å². The molecular weight excluding hydrogens is 496 g/mol. The van der Waals surface area contributed by atoms with Crippen LogP contribution >= 0.6 is 11.3 Å². The molecule has 0 unspecified atom stereocenters. The van der Waals surface area contributed by atoms with Crippen molar-refractivity contribution in [1.82, 2.24) is 9.29 Å². The monoisotopic (exact) mass is 526 g/mol. The smallest absolute Gasteiger partial charge is 0.280 e. The third-order valence-electron chi connectivity index (χ3n) is 5.49. The Morgan fingerprint density at radius 1 is 1.26 bits per heavy atom. The van der Waals surface area contributed by atoms with Gasteiger partial charge >= 0.3 is 0 Å². The number of aromatic nitrogens is 1. The lowest BCUT2D eigenvalue weighted by atomic mass is 10.1. The van der Waals surface area contributed by atoms with Gasteiger partial charge in [0.1, 0.15) is 6.10 Å². The van der Waals surface area contributed by atoms with Crippen LogP contribution in [0, 0.1) is 0 Å². The number of nitrogens with one attached hydrogen (secondary N) is 1. The summed E-state index contributed by atoms with van der Waals surface area (Å²) in [4.78, 5) is 23.8. The molecule has 1 saturated carbocycles. The summed E-state index contributed by atoms with van der Waals surface area (Å²) >= 11 is 1.27. The number of nitrogens with zero attached hydrogens (tertiary/aromatic N) is 3. The lowest BCUT2D eigenvalue weighted by molar-refractivity contribution is -0.110. The van der Waals surface area contributed by atoms with Crippen LogP contribution in [0.3, 0.4) is 0 Å². The summed E-state index contributed by atoms with van der Waals surface area (Å²) in [6.07, 6.45) is 3.76. The van der Waals surface area contributed by atoms with E-state index in [1.54, 1.807) is 20.4 Å². The lowest BCUT2D eigenvalue weighted by Crippen LogP contribution is -2.29. The first kappa shape index (κ1) is 27.2. The SMILES string of the molecule is COCc1cnc(NC(=O)/C(=N/O[C@@H]2CC[C@@H](OC)C2)c2ccc(S(=O)(=O)N(C)CCO)cc2)s1. The Balaban J connectivity index is 1.84. The maximum atomic E-state index is 13.1. The number of aliphatic hydroxyl groups is 1. The van der Waals surface area contributed by atoms with Crippen LogP contribution < -0.4 is 5.32 Å². The van der Waals surface area contributed by atoms with Gasteiger partial charge in [0.15, 0.2) is 10.8 Å². The highest BCUT2D eigenvalue weighted by Crippen LogP contribution is 2.25. The number of rotatable bonds is 12. The van der Waals surface area contributed by atoms with Crippen molar-refractivity contribution >= 4 is 38.1 Å². The predicted molar refractivity (Wildman–Crippen MR) is 131 cm³/mol.